The molecule has 1 aromatic carbocycles. The molecule has 0 radical (unpaired) electrons. The van der Waals surface area contributed by atoms with E-state index in [0.717, 1.165) is 16.4 Å². The van der Waals surface area contributed by atoms with E-state index in [2.05, 4.69) is 38.3 Å². The van der Waals surface area contributed by atoms with Gasteiger partial charge in [0, 0.05) is 16.4 Å². The fourth-order valence-electron chi connectivity index (χ4n) is 1.62. The maximum Gasteiger partial charge on any atom is 0.0463 e. The normalized spacial score (nSPS) is 10.4. The van der Waals surface area contributed by atoms with Crippen molar-refractivity contribution in [3.8, 4) is 5.69 Å². The first-order valence-electron chi connectivity index (χ1n) is 4.61. The molecule has 1 aromatic heterocycles. The minimum Gasteiger partial charge on any atom is -0.312 e. The summed E-state index contributed by atoms with van der Waals surface area (Å²) in [4.78, 5) is 0. The number of nitrogens with zero attached hydrogens (tertiary/aromatic N) is 1. The van der Waals surface area contributed by atoms with Crippen LogP contribution in [0, 0.1) is 6.92 Å². The summed E-state index contributed by atoms with van der Waals surface area (Å²) >= 11 is 0. The van der Waals surface area contributed by atoms with Crippen molar-refractivity contribution < 1.29 is 0 Å². The lowest BCUT2D eigenvalue weighted by Crippen LogP contribution is -2.22. The summed E-state index contributed by atoms with van der Waals surface area (Å²) in [6.45, 7) is 10.0. The Morgan fingerprint density at radius 3 is 2.21 bits per heavy atom. The predicted molar refractivity (Wildman–Crippen MR) is 60.8 cm³/mol. The Hall–Kier alpha value is -1.76. The van der Waals surface area contributed by atoms with Crippen molar-refractivity contribution in [3.05, 3.63) is 52.7 Å². The highest BCUT2D eigenvalue weighted by Gasteiger charge is 1.97. The second kappa shape index (κ2) is 3.18. The molecule has 70 valence electrons. The van der Waals surface area contributed by atoms with Gasteiger partial charge in [0.1, 0.15) is 0 Å². The van der Waals surface area contributed by atoms with Gasteiger partial charge in [-0.2, -0.15) is 0 Å². The van der Waals surface area contributed by atoms with Crippen LogP contribution >= 0.6 is 0 Å². The van der Waals surface area contributed by atoms with Crippen molar-refractivity contribution in [3.63, 3.8) is 0 Å². The first-order chi connectivity index (χ1) is 6.68. The molecule has 0 unspecified atom stereocenters. The monoisotopic (exact) mass is 183 g/mol. The van der Waals surface area contributed by atoms with E-state index in [1.165, 1.54) is 5.56 Å². The summed E-state index contributed by atoms with van der Waals surface area (Å²) < 4.78 is 2.05. The van der Waals surface area contributed by atoms with Crippen LogP contribution < -0.4 is 10.7 Å². The molecule has 1 heteroatoms. The van der Waals surface area contributed by atoms with Gasteiger partial charge in [-0.3, -0.25) is 0 Å². The summed E-state index contributed by atoms with van der Waals surface area (Å²) in [5.41, 5.74) is 2.38. The van der Waals surface area contributed by atoms with Gasteiger partial charge in [0.25, 0.3) is 0 Å². The molecular weight excluding hydrogens is 170 g/mol. The molecule has 1 nitrogen and oxygen atoms in total. The average Bonchev–Trinajstić information content (AvgIpc) is 2.46. The van der Waals surface area contributed by atoms with Crippen molar-refractivity contribution in [2.24, 2.45) is 0 Å². The van der Waals surface area contributed by atoms with E-state index >= 15 is 0 Å². The zero-order valence-corrected chi connectivity index (χ0v) is 8.33. The number of aryl methyl sites for hydroxylation is 1. The molecule has 0 fully saturated rings. The molecule has 0 aliphatic carbocycles. The third-order valence-electron chi connectivity index (χ3n) is 2.30. The molecule has 0 amide bonds. The third kappa shape index (κ3) is 1.37. The summed E-state index contributed by atoms with van der Waals surface area (Å²) in [6, 6.07) is 12.3. The van der Waals surface area contributed by atoms with Gasteiger partial charge < -0.3 is 4.57 Å². The summed E-state index contributed by atoms with van der Waals surface area (Å²) in [6.07, 6.45) is 0. The van der Waals surface area contributed by atoms with E-state index in [9.17, 15) is 0 Å². The van der Waals surface area contributed by atoms with Gasteiger partial charge in [0.05, 0.1) is 0 Å². The molecule has 14 heavy (non-hydrogen) atoms. The lowest BCUT2D eigenvalue weighted by molar-refractivity contribution is 0.999. The Labute approximate surface area is 83.6 Å². The highest BCUT2D eigenvalue weighted by Crippen LogP contribution is 2.05. The van der Waals surface area contributed by atoms with Crippen LogP contribution in [0.25, 0.3) is 18.8 Å². The lowest BCUT2D eigenvalue weighted by atomic mass is 10.2. The second-order valence-corrected chi connectivity index (χ2v) is 3.49. The van der Waals surface area contributed by atoms with Gasteiger partial charge in [0.15, 0.2) is 0 Å². The molecule has 0 spiro atoms. The smallest absolute Gasteiger partial charge is 0.0463 e. The highest BCUT2D eigenvalue weighted by atomic mass is 15.0. The van der Waals surface area contributed by atoms with Crippen molar-refractivity contribution in [1.29, 1.82) is 0 Å². The Balaban J connectivity index is 2.72. The van der Waals surface area contributed by atoms with Crippen molar-refractivity contribution in [1.82, 2.24) is 4.57 Å². The minimum atomic E-state index is 0.973. The van der Waals surface area contributed by atoms with E-state index in [1.54, 1.807) is 0 Å². The number of aromatic nitrogens is 1. The Morgan fingerprint density at radius 2 is 1.64 bits per heavy atom. The molecule has 2 rings (SSSR count). The first kappa shape index (κ1) is 8.82. The SMILES string of the molecule is C=c1ccc(=C)n1-c1cccc(C)c1. The second-order valence-electron chi connectivity index (χ2n) is 3.49. The summed E-state index contributed by atoms with van der Waals surface area (Å²) in [5, 5.41) is 1.95. The third-order valence-corrected chi connectivity index (χ3v) is 2.30. The van der Waals surface area contributed by atoms with Crippen LogP contribution in [0.2, 0.25) is 0 Å². The molecule has 0 aliphatic heterocycles. The van der Waals surface area contributed by atoms with Crippen LogP contribution in [0.3, 0.4) is 0 Å². The van der Waals surface area contributed by atoms with E-state index in [-0.39, 0.29) is 0 Å². The zero-order chi connectivity index (χ0) is 10.1. The average molecular weight is 183 g/mol. The van der Waals surface area contributed by atoms with Crippen LogP contribution in [0.1, 0.15) is 5.56 Å². The number of benzene rings is 1. The minimum absolute atomic E-state index is 0.973. The van der Waals surface area contributed by atoms with Gasteiger partial charge in [-0.15, -0.1) is 0 Å². The standard InChI is InChI=1S/C13H13N/c1-10-5-4-6-13(9-10)14-11(2)7-8-12(14)3/h4-9H,2-3H2,1H3. The van der Waals surface area contributed by atoms with E-state index in [1.807, 2.05) is 22.8 Å². The maximum absolute atomic E-state index is 3.97. The van der Waals surface area contributed by atoms with Crippen molar-refractivity contribution in [2.45, 2.75) is 6.92 Å². The van der Waals surface area contributed by atoms with Crippen molar-refractivity contribution in [2.75, 3.05) is 0 Å². The topological polar surface area (TPSA) is 4.93 Å². The quantitative estimate of drug-likeness (QED) is 0.633. The molecular formula is C13H13N. The number of hydrogen-bond donors (Lipinski definition) is 0. The highest BCUT2D eigenvalue weighted by molar-refractivity contribution is 5.37. The maximum atomic E-state index is 3.97. The summed E-state index contributed by atoms with van der Waals surface area (Å²) in [5.74, 6) is 0. The van der Waals surface area contributed by atoms with Gasteiger partial charge in [-0.05, 0) is 36.8 Å². The van der Waals surface area contributed by atoms with Crippen molar-refractivity contribution >= 4 is 13.2 Å². The van der Waals surface area contributed by atoms with E-state index in [4.69, 9.17) is 0 Å². The molecule has 0 atom stereocenters. The van der Waals surface area contributed by atoms with Gasteiger partial charge in [0.2, 0.25) is 0 Å². The van der Waals surface area contributed by atoms with Gasteiger partial charge >= 0.3 is 0 Å². The predicted octanol–water partition coefficient (Wildman–Crippen LogP) is 1.61. The van der Waals surface area contributed by atoms with E-state index in [0.29, 0.717) is 0 Å². The zero-order valence-electron chi connectivity index (χ0n) is 8.33. The molecule has 0 N–H and O–H groups in total. The molecule has 0 aliphatic rings. The number of rotatable bonds is 1. The van der Waals surface area contributed by atoms with E-state index < -0.39 is 0 Å². The summed E-state index contributed by atoms with van der Waals surface area (Å²) in [7, 11) is 0. The fourth-order valence-corrected chi connectivity index (χ4v) is 1.62. The van der Waals surface area contributed by atoms with Gasteiger partial charge in [-0.1, -0.05) is 25.3 Å². The van der Waals surface area contributed by atoms with Crippen LogP contribution in [0.15, 0.2) is 36.4 Å². The Bertz CT molecular complexity index is 521. The molecule has 2 aromatic rings. The molecule has 1 heterocycles. The van der Waals surface area contributed by atoms with Crippen LogP contribution in [0.5, 0.6) is 0 Å². The lowest BCUT2D eigenvalue weighted by Gasteiger charge is -2.04. The number of hydrogen-bond acceptors (Lipinski definition) is 0. The molecule has 0 bridgehead atoms. The molecule has 0 saturated heterocycles. The van der Waals surface area contributed by atoms with Crippen LogP contribution in [-0.4, -0.2) is 4.57 Å². The van der Waals surface area contributed by atoms with Gasteiger partial charge in [-0.25, -0.2) is 0 Å². The Kier molecular flexibility index (Phi) is 2.01. The van der Waals surface area contributed by atoms with Crippen LogP contribution in [0.4, 0.5) is 0 Å². The fraction of sp³-hybridized carbons (Fsp3) is 0.0769. The Morgan fingerprint density at radius 1 is 1.00 bits per heavy atom. The first-order valence-corrected chi connectivity index (χ1v) is 4.61. The molecule has 0 saturated carbocycles. The van der Waals surface area contributed by atoms with Crippen LogP contribution in [-0.2, 0) is 0 Å². The largest absolute Gasteiger partial charge is 0.312 e.